The van der Waals surface area contributed by atoms with Crippen LogP contribution in [0.1, 0.15) is 5.56 Å². The Labute approximate surface area is 115 Å². The van der Waals surface area contributed by atoms with Gasteiger partial charge in [-0.25, -0.2) is 8.78 Å². The molecule has 0 aliphatic heterocycles. The minimum Gasteiger partial charge on any atom is -0.493 e. The van der Waals surface area contributed by atoms with Crippen LogP contribution in [0.5, 0.6) is 11.5 Å². The number of aliphatic hydroxyl groups is 1. The molecule has 0 radical (unpaired) electrons. The van der Waals surface area contributed by atoms with Gasteiger partial charge in [-0.3, -0.25) is 0 Å². The smallest absolute Gasteiger partial charge is 0.282 e. The molecule has 0 aliphatic rings. The predicted molar refractivity (Wildman–Crippen MR) is 68.3 cm³/mol. The van der Waals surface area contributed by atoms with Crippen molar-refractivity contribution in [1.29, 1.82) is 0 Å². The minimum atomic E-state index is -3.15. The highest BCUT2D eigenvalue weighted by Crippen LogP contribution is 2.37. The number of aliphatic hydroxyl groups excluding tert-OH is 1. The van der Waals surface area contributed by atoms with Gasteiger partial charge in [0.25, 0.3) is 5.92 Å². The summed E-state index contributed by atoms with van der Waals surface area (Å²) in [5, 5.41) is 11.3. The Bertz CT molecular complexity index is 430. The number of alkyl halides is 2. The third-order valence-electron chi connectivity index (χ3n) is 2.50. The van der Waals surface area contributed by atoms with Crippen LogP contribution >= 0.6 is 11.6 Å². The monoisotopic (exact) mass is 295 g/mol. The Kier molecular flexibility index (Phi) is 5.78. The van der Waals surface area contributed by atoms with Gasteiger partial charge in [-0.15, -0.1) is 0 Å². The molecule has 0 fully saturated rings. The van der Waals surface area contributed by atoms with E-state index in [1.165, 1.54) is 14.2 Å². The van der Waals surface area contributed by atoms with Gasteiger partial charge in [-0.2, -0.15) is 0 Å². The van der Waals surface area contributed by atoms with Crippen molar-refractivity contribution >= 4 is 11.6 Å². The lowest BCUT2D eigenvalue weighted by molar-refractivity contribution is -0.0477. The third-order valence-corrected chi connectivity index (χ3v) is 2.91. The molecule has 1 rings (SSSR count). The SMILES string of the molecule is COc1ccc(CNCC(F)(F)CO)c(Cl)c1OC. The Balaban J connectivity index is 2.75. The van der Waals surface area contributed by atoms with Gasteiger partial charge in [0.15, 0.2) is 11.5 Å². The standard InChI is InChI=1S/C12H16ClF2NO3/c1-18-9-4-3-8(10(13)11(9)19-2)5-16-6-12(14,15)7-17/h3-4,16-17H,5-7H2,1-2H3. The molecule has 19 heavy (non-hydrogen) atoms. The minimum absolute atomic E-state index is 0.134. The molecule has 0 atom stereocenters. The van der Waals surface area contributed by atoms with E-state index < -0.39 is 19.1 Å². The zero-order valence-corrected chi connectivity index (χ0v) is 11.4. The molecule has 0 aliphatic carbocycles. The lowest BCUT2D eigenvalue weighted by Crippen LogP contribution is -2.35. The zero-order valence-electron chi connectivity index (χ0n) is 10.7. The Morgan fingerprint density at radius 1 is 1.32 bits per heavy atom. The summed E-state index contributed by atoms with van der Waals surface area (Å²) in [6.45, 7) is -1.69. The van der Waals surface area contributed by atoms with Gasteiger partial charge in [-0.05, 0) is 11.6 Å². The quantitative estimate of drug-likeness (QED) is 0.808. The van der Waals surface area contributed by atoms with E-state index in [2.05, 4.69) is 5.32 Å². The Morgan fingerprint density at radius 3 is 2.53 bits per heavy atom. The lowest BCUT2D eigenvalue weighted by atomic mass is 10.2. The van der Waals surface area contributed by atoms with Crippen molar-refractivity contribution in [3.05, 3.63) is 22.7 Å². The van der Waals surface area contributed by atoms with E-state index in [0.717, 1.165) is 0 Å². The molecule has 7 heteroatoms. The maximum Gasteiger partial charge on any atom is 0.282 e. The average Bonchev–Trinajstić information content (AvgIpc) is 2.40. The van der Waals surface area contributed by atoms with Crippen molar-refractivity contribution in [2.75, 3.05) is 27.4 Å². The summed E-state index contributed by atoms with van der Waals surface area (Å²) in [7, 11) is 2.93. The maximum absolute atomic E-state index is 12.8. The van der Waals surface area contributed by atoms with Crippen molar-refractivity contribution in [2.24, 2.45) is 0 Å². The van der Waals surface area contributed by atoms with Crippen LogP contribution in [0, 0.1) is 0 Å². The highest BCUT2D eigenvalue weighted by Gasteiger charge is 2.27. The van der Waals surface area contributed by atoms with Gasteiger partial charge in [0.1, 0.15) is 6.61 Å². The third kappa shape index (κ3) is 4.19. The molecule has 0 aromatic heterocycles. The van der Waals surface area contributed by atoms with Crippen molar-refractivity contribution in [3.8, 4) is 11.5 Å². The Morgan fingerprint density at radius 2 is 2.00 bits per heavy atom. The number of methoxy groups -OCH3 is 2. The molecule has 2 N–H and O–H groups in total. The summed E-state index contributed by atoms with van der Waals surface area (Å²) >= 11 is 6.09. The first-order chi connectivity index (χ1) is 8.95. The number of hydrogen-bond donors (Lipinski definition) is 2. The number of rotatable bonds is 7. The van der Waals surface area contributed by atoms with Crippen molar-refractivity contribution in [1.82, 2.24) is 5.32 Å². The number of ether oxygens (including phenoxy) is 2. The van der Waals surface area contributed by atoms with Crippen molar-refractivity contribution in [2.45, 2.75) is 12.5 Å². The molecule has 0 saturated heterocycles. The summed E-state index contributed by atoms with van der Waals surface area (Å²) in [4.78, 5) is 0. The van der Waals surface area contributed by atoms with E-state index >= 15 is 0 Å². The first-order valence-electron chi connectivity index (χ1n) is 5.54. The van der Waals surface area contributed by atoms with Crippen LogP contribution < -0.4 is 14.8 Å². The summed E-state index contributed by atoms with van der Waals surface area (Å²) in [6.07, 6.45) is 0. The van der Waals surface area contributed by atoms with Crippen LogP contribution in [0.4, 0.5) is 8.78 Å². The largest absolute Gasteiger partial charge is 0.493 e. The average molecular weight is 296 g/mol. The highest BCUT2D eigenvalue weighted by atomic mass is 35.5. The molecule has 0 saturated carbocycles. The van der Waals surface area contributed by atoms with Crippen LogP contribution in [0.25, 0.3) is 0 Å². The van der Waals surface area contributed by atoms with Gasteiger partial charge in [-0.1, -0.05) is 17.7 Å². The van der Waals surface area contributed by atoms with Gasteiger partial charge in [0.05, 0.1) is 25.8 Å². The Hall–Kier alpha value is -1.11. The van der Waals surface area contributed by atoms with Crippen LogP contribution in [0.15, 0.2) is 12.1 Å². The molecule has 4 nitrogen and oxygen atoms in total. The van der Waals surface area contributed by atoms with Crippen LogP contribution in [-0.2, 0) is 6.54 Å². The van der Waals surface area contributed by atoms with Gasteiger partial charge in [0, 0.05) is 6.54 Å². The van der Waals surface area contributed by atoms with E-state index in [9.17, 15) is 8.78 Å². The van der Waals surface area contributed by atoms with Crippen LogP contribution in [0.2, 0.25) is 5.02 Å². The van der Waals surface area contributed by atoms with E-state index in [-0.39, 0.29) is 6.54 Å². The second-order valence-electron chi connectivity index (χ2n) is 3.89. The fourth-order valence-electron chi connectivity index (χ4n) is 1.50. The fourth-order valence-corrected chi connectivity index (χ4v) is 1.80. The molecule has 0 amide bonds. The van der Waals surface area contributed by atoms with E-state index in [0.29, 0.717) is 22.1 Å². The first kappa shape index (κ1) is 15.9. The van der Waals surface area contributed by atoms with E-state index in [4.69, 9.17) is 26.2 Å². The molecular formula is C12H16ClF2NO3. The fraction of sp³-hybridized carbons (Fsp3) is 0.500. The number of nitrogens with one attached hydrogen (secondary N) is 1. The maximum atomic E-state index is 12.8. The summed E-state index contributed by atoms with van der Waals surface area (Å²) < 4.78 is 35.8. The van der Waals surface area contributed by atoms with Crippen molar-refractivity contribution in [3.63, 3.8) is 0 Å². The van der Waals surface area contributed by atoms with Gasteiger partial charge >= 0.3 is 0 Å². The molecule has 1 aromatic carbocycles. The number of benzene rings is 1. The summed E-state index contributed by atoms with van der Waals surface area (Å²) in [5.41, 5.74) is 0.605. The van der Waals surface area contributed by atoms with Crippen LogP contribution in [0.3, 0.4) is 0 Å². The lowest BCUT2D eigenvalue weighted by Gasteiger charge is -2.16. The van der Waals surface area contributed by atoms with E-state index in [1.807, 2.05) is 0 Å². The highest BCUT2D eigenvalue weighted by molar-refractivity contribution is 6.33. The second-order valence-corrected chi connectivity index (χ2v) is 4.27. The summed E-state index contributed by atoms with van der Waals surface area (Å²) in [6, 6.07) is 3.31. The molecule has 0 unspecified atom stereocenters. The van der Waals surface area contributed by atoms with Gasteiger partial charge < -0.3 is 19.9 Å². The second kappa shape index (κ2) is 6.88. The van der Waals surface area contributed by atoms with E-state index in [1.54, 1.807) is 12.1 Å². The van der Waals surface area contributed by atoms with Gasteiger partial charge in [0.2, 0.25) is 0 Å². The molecule has 0 bridgehead atoms. The van der Waals surface area contributed by atoms with Crippen molar-refractivity contribution < 1.29 is 23.4 Å². The molecule has 0 heterocycles. The normalized spacial score (nSPS) is 11.5. The first-order valence-corrected chi connectivity index (χ1v) is 5.91. The molecule has 0 spiro atoms. The topological polar surface area (TPSA) is 50.7 Å². The molecular weight excluding hydrogens is 280 g/mol. The number of halogens is 3. The van der Waals surface area contributed by atoms with Crippen LogP contribution in [-0.4, -0.2) is 38.4 Å². The molecule has 108 valence electrons. The zero-order chi connectivity index (χ0) is 14.5. The molecule has 1 aromatic rings. The predicted octanol–water partition coefficient (Wildman–Crippen LogP) is 2.07. The number of hydrogen-bond acceptors (Lipinski definition) is 4. The summed E-state index contributed by atoms with van der Waals surface area (Å²) in [5.74, 6) is -2.32.